The Balaban J connectivity index is 2.02. The average Bonchev–Trinajstić information content (AvgIpc) is 2.17. The van der Waals surface area contributed by atoms with Crippen LogP contribution in [0.4, 0.5) is 8.78 Å². The van der Waals surface area contributed by atoms with Gasteiger partial charge in [-0.15, -0.1) is 0 Å². The van der Waals surface area contributed by atoms with Gasteiger partial charge in [-0.1, -0.05) is 0 Å². The molecule has 2 nitrogen and oxygen atoms in total. The Hall–Kier alpha value is -1.00. The van der Waals surface area contributed by atoms with Gasteiger partial charge in [0.25, 0.3) is 0 Å². The summed E-state index contributed by atoms with van der Waals surface area (Å²) in [5, 5.41) is 6.53. The summed E-state index contributed by atoms with van der Waals surface area (Å²) < 4.78 is 25.8. The van der Waals surface area contributed by atoms with Gasteiger partial charge < -0.3 is 10.6 Å². The second-order valence-corrected chi connectivity index (χ2v) is 3.84. The summed E-state index contributed by atoms with van der Waals surface area (Å²) in [5.74, 6) is -1.01. The van der Waals surface area contributed by atoms with Crippen molar-refractivity contribution in [3.63, 3.8) is 0 Å². The molecule has 0 aliphatic carbocycles. The first kappa shape index (κ1) is 10.5. The molecule has 1 aliphatic rings. The van der Waals surface area contributed by atoms with Crippen LogP contribution in [0.15, 0.2) is 18.2 Å². The molecule has 1 aromatic carbocycles. The monoisotopic (exact) mass is 212 g/mol. The molecule has 0 radical (unpaired) electrons. The maximum absolute atomic E-state index is 12.9. The van der Waals surface area contributed by atoms with Crippen LogP contribution >= 0.6 is 0 Å². The molecule has 0 aromatic heterocycles. The largest absolute Gasteiger partial charge is 0.314 e. The summed E-state index contributed by atoms with van der Waals surface area (Å²) >= 11 is 0. The van der Waals surface area contributed by atoms with Crippen molar-refractivity contribution < 1.29 is 8.78 Å². The van der Waals surface area contributed by atoms with Crippen LogP contribution in [0.25, 0.3) is 0 Å². The van der Waals surface area contributed by atoms with Crippen molar-refractivity contribution in [1.82, 2.24) is 10.6 Å². The molecule has 1 saturated heterocycles. The van der Waals surface area contributed by atoms with Crippen molar-refractivity contribution >= 4 is 0 Å². The second-order valence-electron chi connectivity index (χ2n) is 3.84. The lowest BCUT2D eigenvalue weighted by Crippen LogP contribution is -2.49. The number of rotatable bonds is 2. The zero-order chi connectivity index (χ0) is 10.7. The third kappa shape index (κ3) is 2.97. The minimum Gasteiger partial charge on any atom is -0.314 e. The number of halogens is 2. The van der Waals surface area contributed by atoms with E-state index in [1.165, 1.54) is 12.1 Å². The molecule has 2 rings (SSSR count). The topological polar surface area (TPSA) is 24.1 Å². The third-order valence-electron chi connectivity index (χ3n) is 2.53. The molecule has 4 heteroatoms. The molecule has 1 atom stereocenters. The molecular weight excluding hydrogens is 198 g/mol. The Labute approximate surface area is 87.7 Å². The summed E-state index contributed by atoms with van der Waals surface area (Å²) in [6.07, 6.45) is 0.654. The predicted molar refractivity (Wildman–Crippen MR) is 54.7 cm³/mol. The van der Waals surface area contributed by atoms with Crippen LogP contribution in [0.5, 0.6) is 0 Å². The summed E-state index contributed by atoms with van der Waals surface area (Å²) in [6, 6.07) is 3.94. The fraction of sp³-hybridized carbons (Fsp3) is 0.455. The van der Waals surface area contributed by atoms with Crippen molar-refractivity contribution in [3.05, 3.63) is 35.4 Å². The fourth-order valence-corrected chi connectivity index (χ4v) is 1.87. The van der Waals surface area contributed by atoms with Gasteiger partial charge in [0.1, 0.15) is 11.6 Å². The first-order chi connectivity index (χ1) is 7.24. The molecule has 0 spiro atoms. The Bertz CT molecular complexity index is 315. The van der Waals surface area contributed by atoms with Crippen molar-refractivity contribution in [3.8, 4) is 0 Å². The van der Waals surface area contributed by atoms with E-state index in [0.717, 1.165) is 25.7 Å². The first-order valence-corrected chi connectivity index (χ1v) is 5.13. The Morgan fingerprint density at radius 2 is 1.87 bits per heavy atom. The van der Waals surface area contributed by atoms with Crippen LogP contribution in [0, 0.1) is 11.6 Å². The summed E-state index contributed by atoms with van der Waals surface area (Å²) in [7, 11) is 0. The SMILES string of the molecule is Fc1cc(F)cc(C[C@H]2CNCCN2)c1. The van der Waals surface area contributed by atoms with Crippen molar-refractivity contribution in [2.24, 2.45) is 0 Å². The van der Waals surface area contributed by atoms with Crippen molar-refractivity contribution in [2.45, 2.75) is 12.5 Å². The number of hydrogen-bond acceptors (Lipinski definition) is 2. The highest BCUT2D eigenvalue weighted by Crippen LogP contribution is 2.10. The number of piperazine rings is 1. The first-order valence-electron chi connectivity index (χ1n) is 5.13. The standard InChI is InChI=1S/C11H14F2N2/c12-9-3-8(4-10(13)6-9)5-11-7-14-1-2-15-11/h3-4,6,11,14-15H,1-2,5,7H2/t11-/m0/s1. The van der Waals surface area contributed by atoms with Crippen LogP contribution in [0.1, 0.15) is 5.56 Å². The lowest BCUT2D eigenvalue weighted by molar-refractivity contribution is 0.415. The Kier molecular flexibility index (Phi) is 3.28. The van der Waals surface area contributed by atoms with E-state index in [4.69, 9.17) is 0 Å². The van der Waals surface area contributed by atoms with Gasteiger partial charge in [0, 0.05) is 31.7 Å². The van der Waals surface area contributed by atoms with E-state index < -0.39 is 11.6 Å². The average molecular weight is 212 g/mol. The molecule has 0 amide bonds. The molecule has 15 heavy (non-hydrogen) atoms. The van der Waals surface area contributed by atoms with E-state index in [9.17, 15) is 8.78 Å². The highest BCUT2D eigenvalue weighted by Gasteiger charge is 2.13. The zero-order valence-corrected chi connectivity index (χ0v) is 8.39. The maximum atomic E-state index is 12.9. The highest BCUT2D eigenvalue weighted by molar-refractivity contribution is 5.19. The fourth-order valence-electron chi connectivity index (χ4n) is 1.87. The molecule has 82 valence electrons. The van der Waals surface area contributed by atoms with E-state index in [-0.39, 0.29) is 6.04 Å². The van der Waals surface area contributed by atoms with Crippen LogP contribution in [0.2, 0.25) is 0 Å². The van der Waals surface area contributed by atoms with Gasteiger partial charge in [0.15, 0.2) is 0 Å². The van der Waals surface area contributed by atoms with Crippen LogP contribution in [-0.2, 0) is 6.42 Å². The van der Waals surface area contributed by atoms with Gasteiger partial charge in [-0.2, -0.15) is 0 Å². The third-order valence-corrected chi connectivity index (χ3v) is 2.53. The number of nitrogens with one attached hydrogen (secondary N) is 2. The van der Waals surface area contributed by atoms with Gasteiger partial charge >= 0.3 is 0 Å². The van der Waals surface area contributed by atoms with Gasteiger partial charge in [-0.3, -0.25) is 0 Å². The smallest absolute Gasteiger partial charge is 0.126 e. The summed E-state index contributed by atoms with van der Waals surface area (Å²) in [6.45, 7) is 2.70. The normalized spacial score (nSPS) is 21.6. The zero-order valence-electron chi connectivity index (χ0n) is 8.39. The Morgan fingerprint density at radius 1 is 1.13 bits per heavy atom. The molecule has 1 fully saturated rings. The molecule has 0 bridgehead atoms. The lowest BCUT2D eigenvalue weighted by Gasteiger charge is -2.24. The molecule has 0 unspecified atom stereocenters. The van der Waals surface area contributed by atoms with Crippen LogP contribution < -0.4 is 10.6 Å². The van der Waals surface area contributed by atoms with E-state index >= 15 is 0 Å². The van der Waals surface area contributed by atoms with Crippen molar-refractivity contribution in [1.29, 1.82) is 0 Å². The Morgan fingerprint density at radius 3 is 2.47 bits per heavy atom. The second kappa shape index (κ2) is 4.68. The van der Waals surface area contributed by atoms with Crippen molar-refractivity contribution in [2.75, 3.05) is 19.6 Å². The molecule has 2 N–H and O–H groups in total. The number of benzene rings is 1. The summed E-state index contributed by atoms with van der Waals surface area (Å²) in [5.41, 5.74) is 0.703. The quantitative estimate of drug-likeness (QED) is 0.766. The van der Waals surface area contributed by atoms with Crippen LogP contribution in [-0.4, -0.2) is 25.7 Å². The summed E-state index contributed by atoms with van der Waals surface area (Å²) in [4.78, 5) is 0. The predicted octanol–water partition coefficient (Wildman–Crippen LogP) is 1.07. The minimum absolute atomic E-state index is 0.264. The van der Waals surface area contributed by atoms with Crippen LogP contribution in [0.3, 0.4) is 0 Å². The van der Waals surface area contributed by atoms with Gasteiger partial charge in [0.2, 0.25) is 0 Å². The van der Waals surface area contributed by atoms with Gasteiger partial charge in [0.05, 0.1) is 0 Å². The van der Waals surface area contributed by atoms with E-state index in [2.05, 4.69) is 10.6 Å². The van der Waals surface area contributed by atoms with Gasteiger partial charge in [-0.25, -0.2) is 8.78 Å². The molecule has 1 heterocycles. The molecule has 0 saturated carbocycles. The number of hydrogen-bond donors (Lipinski definition) is 2. The van der Waals surface area contributed by atoms with E-state index in [1.54, 1.807) is 0 Å². The van der Waals surface area contributed by atoms with Gasteiger partial charge in [-0.05, 0) is 24.1 Å². The van der Waals surface area contributed by atoms with E-state index in [1.807, 2.05) is 0 Å². The molecular formula is C11H14F2N2. The maximum Gasteiger partial charge on any atom is 0.126 e. The minimum atomic E-state index is -0.506. The molecule has 1 aromatic rings. The lowest BCUT2D eigenvalue weighted by atomic mass is 10.0. The van der Waals surface area contributed by atoms with E-state index in [0.29, 0.717) is 12.0 Å². The highest BCUT2D eigenvalue weighted by atomic mass is 19.1. The molecule has 1 aliphatic heterocycles.